The molecule has 1 aliphatic heterocycles. The largest absolute Gasteiger partial charge is 0.364 e. The lowest BCUT2D eigenvalue weighted by Crippen LogP contribution is -2.24. The third-order valence-corrected chi connectivity index (χ3v) is 3.84. The van der Waals surface area contributed by atoms with Gasteiger partial charge in [-0.2, -0.15) is 0 Å². The van der Waals surface area contributed by atoms with Crippen molar-refractivity contribution in [1.82, 2.24) is 0 Å². The number of benzene rings is 2. The minimum atomic E-state index is -1.44. The Kier molecular flexibility index (Phi) is 3.80. The number of carbonyl (C=O) groups is 1. The molecule has 6 heteroatoms. The summed E-state index contributed by atoms with van der Waals surface area (Å²) in [6.45, 7) is 0. The fraction of sp³-hybridized carbons (Fsp3) is 0.0667. The van der Waals surface area contributed by atoms with Gasteiger partial charge in [-0.15, -0.1) is 0 Å². The Balaban J connectivity index is 2.21. The molecule has 1 aliphatic rings. The first kappa shape index (κ1) is 14.3. The Morgan fingerprint density at radius 2 is 1.90 bits per heavy atom. The number of nitrogens with zero attached hydrogens (tertiary/aromatic N) is 1. The molecule has 1 atom stereocenters. The molecule has 21 heavy (non-hydrogen) atoms. The quantitative estimate of drug-likeness (QED) is 0.815. The lowest BCUT2D eigenvalue weighted by molar-refractivity contribution is -0.123. The number of fused-ring (bicyclic) bond motifs is 1. The Morgan fingerprint density at radius 1 is 1.19 bits per heavy atom. The van der Waals surface area contributed by atoms with Gasteiger partial charge in [0.05, 0.1) is 11.4 Å². The van der Waals surface area contributed by atoms with E-state index in [-0.39, 0.29) is 0 Å². The van der Waals surface area contributed by atoms with E-state index in [9.17, 15) is 9.90 Å². The van der Waals surface area contributed by atoms with Crippen LogP contribution in [0, 0.1) is 0 Å². The molecule has 2 aromatic carbocycles. The molecule has 0 bridgehead atoms. The fourth-order valence-electron chi connectivity index (χ4n) is 2.11. The highest BCUT2D eigenvalue weighted by Gasteiger charge is 2.24. The molecule has 2 N–H and O–H groups in total. The Bertz CT molecular complexity index is 744. The van der Waals surface area contributed by atoms with Crippen molar-refractivity contribution < 1.29 is 9.90 Å². The van der Waals surface area contributed by atoms with Gasteiger partial charge >= 0.3 is 0 Å². The molecule has 3 rings (SSSR count). The van der Waals surface area contributed by atoms with E-state index in [0.29, 0.717) is 16.4 Å². The second-order valence-electron chi connectivity index (χ2n) is 4.54. The van der Waals surface area contributed by atoms with Gasteiger partial charge in [0.1, 0.15) is 0 Å². The number of amides is 1. The van der Waals surface area contributed by atoms with Crippen molar-refractivity contribution in [1.29, 1.82) is 0 Å². The summed E-state index contributed by atoms with van der Waals surface area (Å²) in [6, 6.07) is 12.5. The van der Waals surface area contributed by atoms with E-state index in [1.165, 1.54) is 0 Å². The van der Waals surface area contributed by atoms with Gasteiger partial charge in [-0.05, 0) is 30.3 Å². The highest BCUT2D eigenvalue weighted by atomic mass is 79.9. The Labute approximate surface area is 134 Å². The summed E-state index contributed by atoms with van der Waals surface area (Å²) in [5.74, 6) is -0.553. The first-order chi connectivity index (χ1) is 10.0. The maximum absolute atomic E-state index is 11.8. The van der Waals surface area contributed by atoms with E-state index in [2.05, 4.69) is 26.2 Å². The van der Waals surface area contributed by atoms with Crippen LogP contribution in [0.15, 0.2) is 51.9 Å². The van der Waals surface area contributed by atoms with E-state index in [0.717, 1.165) is 15.6 Å². The normalized spacial score (nSPS) is 17.6. The molecule has 0 aromatic heterocycles. The number of nitrogens with one attached hydrogen (secondary N) is 1. The molecule has 106 valence electrons. The molecule has 4 nitrogen and oxygen atoms in total. The number of aliphatic hydroxyl groups excluding tert-OH is 1. The molecular formula is C15H10BrClN2O2. The highest BCUT2D eigenvalue weighted by molar-refractivity contribution is 9.10. The molecule has 0 unspecified atom stereocenters. The third-order valence-electron chi connectivity index (χ3n) is 3.10. The number of rotatable bonds is 1. The minimum Gasteiger partial charge on any atom is -0.364 e. The van der Waals surface area contributed by atoms with Crippen LogP contribution in [0.25, 0.3) is 0 Å². The zero-order valence-corrected chi connectivity index (χ0v) is 13.0. The molecular weight excluding hydrogens is 356 g/mol. The summed E-state index contributed by atoms with van der Waals surface area (Å²) >= 11 is 9.30. The van der Waals surface area contributed by atoms with Crippen LogP contribution in [0.5, 0.6) is 0 Å². The van der Waals surface area contributed by atoms with Crippen molar-refractivity contribution in [3.63, 3.8) is 0 Å². The summed E-state index contributed by atoms with van der Waals surface area (Å²) in [5.41, 5.74) is 2.65. The number of hydrogen-bond donors (Lipinski definition) is 2. The van der Waals surface area contributed by atoms with Gasteiger partial charge < -0.3 is 10.4 Å². The van der Waals surface area contributed by atoms with Crippen LogP contribution in [0.2, 0.25) is 5.02 Å². The summed E-state index contributed by atoms with van der Waals surface area (Å²) in [7, 11) is 0. The van der Waals surface area contributed by atoms with Crippen LogP contribution in [0.4, 0.5) is 5.69 Å². The van der Waals surface area contributed by atoms with Gasteiger partial charge in [-0.3, -0.25) is 4.79 Å². The molecule has 1 amide bonds. The SMILES string of the molecule is O=C1Nc2ccc(Br)cc2C(c2ccc(Cl)cc2)=N[C@H]1O. The predicted octanol–water partition coefficient (Wildman–Crippen LogP) is 3.21. The zero-order chi connectivity index (χ0) is 15.0. The van der Waals surface area contributed by atoms with Crippen LogP contribution in [0.1, 0.15) is 11.1 Å². The van der Waals surface area contributed by atoms with E-state index >= 15 is 0 Å². The summed E-state index contributed by atoms with van der Waals surface area (Å²) in [4.78, 5) is 15.9. The average molecular weight is 366 g/mol. The lowest BCUT2D eigenvalue weighted by atomic mass is 10.0. The van der Waals surface area contributed by atoms with Crippen molar-refractivity contribution in [3.8, 4) is 0 Å². The standard InChI is InChI=1S/C15H10BrClN2O2/c16-9-3-6-12-11(7-9)13(19-15(21)14(20)18-12)8-1-4-10(17)5-2-8/h1-7,15,21H,(H,18,20)/t15-/m0/s1. The van der Waals surface area contributed by atoms with E-state index in [1.807, 2.05) is 12.1 Å². The maximum atomic E-state index is 11.8. The van der Waals surface area contributed by atoms with Crippen LogP contribution in [-0.4, -0.2) is 23.0 Å². The van der Waals surface area contributed by atoms with Crippen LogP contribution in [-0.2, 0) is 4.79 Å². The highest BCUT2D eigenvalue weighted by Crippen LogP contribution is 2.27. The topological polar surface area (TPSA) is 61.7 Å². The van der Waals surface area contributed by atoms with Crippen LogP contribution >= 0.6 is 27.5 Å². The number of carbonyl (C=O) groups excluding carboxylic acids is 1. The summed E-state index contributed by atoms with van der Waals surface area (Å²) in [5, 5.41) is 13.1. The second-order valence-corrected chi connectivity index (χ2v) is 5.89. The summed E-state index contributed by atoms with van der Waals surface area (Å²) < 4.78 is 0.855. The van der Waals surface area contributed by atoms with Gasteiger partial charge in [0, 0.05) is 20.6 Å². The van der Waals surface area contributed by atoms with E-state index in [4.69, 9.17) is 11.6 Å². The molecule has 1 heterocycles. The van der Waals surface area contributed by atoms with Crippen LogP contribution < -0.4 is 5.32 Å². The van der Waals surface area contributed by atoms with Crippen molar-refractivity contribution in [2.45, 2.75) is 6.23 Å². The second kappa shape index (κ2) is 5.60. The van der Waals surface area contributed by atoms with Gasteiger partial charge in [-0.1, -0.05) is 39.7 Å². The van der Waals surface area contributed by atoms with Crippen molar-refractivity contribution in [2.75, 3.05) is 5.32 Å². The van der Waals surface area contributed by atoms with Gasteiger partial charge in [-0.25, -0.2) is 4.99 Å². The number of hydrogen-bond acceptors (Lipinski definition) is 3. The Hall–Kier alpha value is -1.69. The van der Waals surface area contributed by atoms with Crippen molar-refractivity contribution >= 4 is 44.8 Å². The molecule has 0 saturated heterocycles. The number of anilines is 1. The van der Waals surface area contributed by atoms with E-state index in [1.54, 1.807) is 30.3 Å². The third kappa shape index (κ3) is 2.85. The van der Waals surface area contributed by atoms with Gasteiger partial charge in [0.2, 0.25) is 6.23 Å². The molecule has 0 fully saturated rings. The molecule has 0 radical (unpaired) electrons. The number of halogens is 2. The van der Waals surface area contributed by atoms with Gasteiger partial charge in [0.15, 0.2) is 0 Å². The van der Waals surface area contributed by atoms with Crippen molar-refractivity contribution in [3.05, 3.63) is 63.1 Å². The maximum Gasteiger partial charge on any atom is 0.276 e. The number of aliphatic hydroxyl groups is 1. The predicted molar refractivity (Wildman–Crippen MR) is 85.9 cm³/mol. The van der Waals surface area contributed by atoms with Crippen molar-refractivity contribution in [2.24, 2.45) is 4.99 Å². The van der Waals surface area contributed by atoms with Crippen LogP contribution in [0.3, 0.4) is 0 Å². The monoisotopic (exact) mass is 364 g/mol. The first-order valence-electron chi connectivity index (χ1n) is 6.17. The summed E-state index contributed by atoms with van der Waals surface area (Å²) in [6.07, 6.45) is -1.44. The lowest BCUT2D eigenvalue weighted by Gasteiger charge is -2.10. The first-order valence-corrected chi connectivity index (χ1v) is 7.34. The Morgan fingerprint density at radius 3 is 2.62 bits per heavy atom. The fourth-order valence-corrected chi connectivity index (χ4v) is 2.59. The van der Waals surface area contributed by atoms with E-state index < -0.39 is 12.1 Å². The zero-order valence-electron chi connectivity index (χ0n) is 10.7. The minimum absolute atomic E-state index is 0.536. The molecule has 2 aromatic rings. The number of benzodiazepines with no additional fused rings is 1. The molecule has 0 aliphatic carbocycles. The average Bonchev–Trinajstić information content (AvgIpc) is 2.58. The molecule has 0 spiro atoms. The molecule has 0 saturated carbocycles. The number of aliphatic imine (C=N–C) groups is 1. The smallest absolute Gasteiger partial charge is 0.276 e. The van der Waals surface area contributed by atoms with Gasteiger partial charge in [0.25, 0.3) is 5.91 Å².